The molecule has 1 aromatic carbocycles. The van der Waals surface area contributed by atoms with Crippen molar-refractivity contribution in [3.05, 3.63) is 48.2 Å². The Balaban J connectivity index is 2.23. The molecule has 2 saturated heterocycles. The number of piperazine rings is 1. The number of rotatable bonds is 9. The van der Waals surface area contributed by atoms with E-state index in [1.807, 2.05) is 6.19 Å². The number of nitrogens with zero attached hydrogens (tertiary/aromatic N) is 5. The second-order valence-corrected chi connectivity index (χ2v) is 11.7. The summed E-state index contributed by atoms with van der Waals surface area (Å²) >= 11 is 0. The Labute approximate surface area is 229 Å². The number of methoxy groups -OCH3 is 1. The Morgan fingerprint density at radius 3 is 2.35 bits per heavy atom. The summed E-state index contributed by atoms with van der Waals surface area (Å²) in [6, 6.07) is -0.784. The van der Waals surface area contributed by atoms with Crippen molar-refractivity contribution in [3.63, 3.8) is 0 Å². The number of anilines is 1. The SMILES string of the molecule is C=N/C=C(\C=C/C)C(C(=O)N1CCNCC1)N(C(=O)C1CC(OC)CN1C#N)c1ccc(S(F)(F)(F)(F)F)cc1. The maximum atomic E-state index is 14.2. The van der Waals surface area contributed by atoms with Crippen LogP contribution in [0.25, 0.3) is 0 Å². The fourth-order valence-corrected chi connectivity index (χ4v) is 5.35. The van der Waals surface area contributed by atoms with Crippen LogP contribution in [0.1, 0.15) is 13.3 Å². The minimum Gasteiger partial charge on any atom is -0.379 e. The number of carbonyl (C=O) groups excluding carboxylic acids is 2. The number of allylic oxidation sites excluding steroid dienone is 1. The highest BCUT2D eigenvalue weighted by molar-refractivity contribution is 8.45. The van der Waals surface area contributed by atoms with Crippen LogP contribution in [0.5, 0.6) is 0 Å². The van der Waals surface area contributed by atoms with Gasteiger partial charge in [0.25, 0.3) is 11.8 Å². The first-order valence-corrected chi connectivity index (χ1v) is 14.2. The largest absolute Gasteiger partial charge is 0.379 e. The molecule has 1 N–H and O–H groups in total. The van der Waals surface area contributed by atoms with Gasteiger partial charge in [0.2, 0.25) is 0 Å². The van der Waals surface area contributed by atoms with Crippen LogP contribution in [0.4, 0.5) is 25.1 Å². The van der Waals surface area contributed by atoms with Gasteiger partial charge in [0, 0.05) is 57.2 Å². The molecule has 0 saturated carbocycles. The smallest absolute Gasteiger partial charge is 0.310 e. The summed E-state index contributed by atoms with van der Waals surface area (Å²) in [6.07, 6.45) is 5.78. The standard InChI is InChI=1S/C25H31F5N6O3S/c1-4-5-18(15-32-2)23(25(38)34-12-10-33-11-13-34)36(24(37)22-14-20(39-3)16-35(22)17-31)19-6-8-21(9-7-19)40(26,27,28,29)30/h4-9,15,20,22-23,33H,2,10-14,16H2,1,3H3/b5-4-,18-15+. The van der Waals surface area contributed by atoms with Gasteiger partial charge in [-0.2, -0.15) is 5.26 Å². The van der Waals surface area contributed by atoms with Crippen molar-refractivity contribution in [2.24, 2.45) is 4.99 Å². The van der Waals surface area contributed by atoms with Crippen molar-refractivity contribution in [3.8, 4) is 6.19 Å². The molecular formula is C25H31F5N6O3S. The number of nitriles is 1. The molecule has 2 heterocycles. The molecule has 9 nitrogen and oxygen atoms in total. The Morgan fingerprint density at radius 2 is 1.85 bits per heavy atom. The van der Waals surface area contributed by atoms with Gasteiger partial charge in [-0.25, -0.2) is 0 Å². The maximum absolute atomic E-state index is 14.2. The first kappa shape index (κ1) is 31.1. The molecule has 3 unspecified atom stereocenters. The summed E-state index contributed by atoms with van der Waals surface area (Å²) in [7, 11) is -8.61. The van der Waals surface area contributed by atoms with E-state index in [1.54, 1.807) is 13.0 Å². The van der Waals surface area contributed by atoms with E-state index in [9.17, 15) is 34.3 Å². The fourth-order valence-electron chi connectivity index (χ4n) is 4.70. The lowest BCUT2D eigenvalue weighted by molar-refractivity contribution is -0.134. The van der Waals surface area contributed by atoms with Crippen LogP contribution >= 0.6 is 10.2 Å². The van der Waals surface area contributed by atoms with Crippen molar-refractivity contribution >= 4 is 34.4 Å². The fraction of sp³-hybridized carbons (Fsp3) is 0.440. The van der Waals surface area contributed by atoms with E-state index in [2.05, 4.69) is 17.0 Å². The van der Waals surface area contributed by atoms with Gasteiger partial charge >= 0.3 is 10.2 Å². The second kappa shape index (κ2) is 11.2. The van der Waals surface area contributed by atoms with Crippen LogP contribution in [-0.4, -0.2) is 86.4 Å². The Kier molecular flexibility index (Phi) is 8.68. The number of aliphatic imine (C=N–C) groups is 1. The quantitative estimate of drug-likeness (QED) is 0.200. The molecule has 2 aliphatic heterocycles. The Hall–Kier alpha value is -3.48. The van der Waals surface area contributed by atoms with E-state index >= 15 is 0 Å². The van der Waals surface area contributed by atoms with Crippen LogP contribution in [-0.2, 0) is 14.3 Å². The van der Waals surface area contributed by atoms with Crippen LogP contribution in [0.15, 0.2) is 58.1 Å². The zero-order valence-electron chi connectivity index (χ0n) is 22.0. The molecule has 2 amide bonds. The van der Waals surface area contributed by atoms with Crippen LogP contribution in [0.3, 0.4) is 0 Å². The second-order valence-electron chi connectivity index (χ2n) is 9.32. The summed E-state index contributed by atoms with van der Waals surface area (Å²) in [5.74, 6) is -1.36. The van der Waals surface area contributed by atoms with E-state index in [0.29, 0.717) is 13.1 Å². The molecule has 3 atom stereocenters. The number of nitrogens with one attached hydrogen (secondary N) is 1. The molecule has 3 rings (SSSR count). The lowest BCUT2D eigenvalue weighted by Gasteiger charge is -2.41. The highest BCUT2D eigenvalue weighted by atomic mass is 32.5. The van der Waals surface area contributed by atoms with Gasteiger partial charge in [0.1, 0.15) is 17.0 Å². The summed E-state index contributed by atoms with van der Waals surface area (Å²) in [5, 5.41) is 12.8. The van der Waals surface area contributed by atoms with Crippen LogP contribution in [0, 0.1) is 11.5 Å². The molecule has 0 aliphatic carbocycles. The highest BCUT2D eigenvalue weighted by Crippen LogP contribution is 3.02. The predicted molar refractivity (Wildman–Crippen MR) is 143 cm³/mol. The third-order valence-electron chi connectivity index (χ3n) is 6.64. The number of ether oxygens (including phenoxy) is 1. The summed E-state index contributed by atoms with van der Waals surface area (Å²) < 4.78 is 72.7. The molecule has 2 fully saturated rings. The van der Waals surface area contributed by atoms with Crippen LogP contribution in [0.2, 0.25) is 0 Å². The van der Waals surface area contributed by atoms with E-state index in [-0.39, 0.29) is 49.4 Å². The number of carbonyl (C=O) groups is 2. The minimum absolute atomic E-state index is 0.0554. The molecule has 0 spiro atoms. The number of halogens is 5. The van der Waals surface area contributed by atoms with Gasteiger partial charge in [0.15, 0.2) is 6.19 Å². The number of hydrogen-bond donors (Lipinski definition) is 1. The van der Waals surface area contributed by atoms with E-state index < -0.39 is 45.1 Å². The molecule has 1 aromatic rings. The molecule has 0 aromatic heterocycles. The summed E-state index contributed by atoms with van der Waals surface area (Å²) in [5.41, 5.74) is -0.0710. The van der Waals surface area contributed by atoms with Crippen molar-refractivity contribution in [2.75, 3.05) is 44.7 Å². The van der Waals surface area contributed by atoms with Gasteiger partial charge in [-0.15, -0.1) is 0 Å². The first-order valence-electron chi connectivity index (χ1n) is 12.3. The zero-order chi connectivity index (χ0) is 29.8. The molecular weight excluding hydrogens is 559 g/mol. The average molecular weight is 591 g/mol. The molecule has 0 bridgehead atoms. The molecule has 40 heavy (non-hydrogen) atoms. The normalized spacial score (nSPS) is 22.8. The van der Waals surface area contributed by atoms with Crippen molar-refractivity contribution in [1.29, 1.82) is 5.26 Å². The van der Waals surface area contributed by atoms with Gasteiger partial charge in [0.05, 0.1) is 12.6 Å². The molecule has 15 heteroatoms. The average Bonchev–Trinajstić information content (AvgIpc) is 3.34. The highest BCUT2D eigenvalue weighted by Gasteiger charge is 2.65. The molecule has 2 aliphatic rings. The first-order chi connectivity index (χ1) is 18.6. The van der Waals surface area contributed by atoms with Gasteiger partial charge < -0.3 is 15.0 Å². The lowest BCUT2D eigenvalue weighted by Crippen LogP contribution is -2.58. The molecule has 0 radical (unpaired) electrons. The Morgan fingerprint density at radius 1 is 1.23 bits per heavy atom. The zero-order valence-corrected chi connectivity index (χ0v) is 22.8. The third kappa shape index (κ3) is 6.98. The number of benzene rings is 1. The van der Waals surface area contributed by atoms with E-state index in [4.69, 9.17) is 4.74 Å². The lowest BCUT2D eigenvalue weighted by atomic mass is 10.00. The number of likely N-dealkylation sites (tertiary alicyclic amines) is 1. The number of hydrogen-bond acceptors (Lipinski definition) is 7. The van der Waals surface area contributed by atoms with Crippen molar-refractivity contribution < 1.29 is 33.8 Å². The minimum atomic E-state index is -10.0. The molecule has 220 valence electrons. The van der Waals surface area contributed by atoms with Gasteiger partial charge in [-0.05, 0) is 37.9 Å². The van der Waals surface area contributed by atoms with Gasteiger partial charge in [-0.1, -0.05) is 31.6 Å². The topological polar surface area (TPSA) is 101 Å². The van der Waals surface area contributed by atoms with E-state index in [1.165, 1.54) is 24.3 Å². The Bertz CT molecular complexity index is 1230. The van der Waals surface area contributed by atoms with Crippen molar-refractivity contribution in [2.45, 2.75) is 36.4 Å². The van der Waals surface area contributed by atoms with Crippen LogP contribution < -0.4 is 10.2 Å². The monoisotopic (exact) mass is 590 g/mol. The summed E-state index contributed by atoms with van der Waals surface area (Å²) in [4.78, 5) is 33.3. The van der Waals surface area contributed by atoms with Gasteiger partial charge in [-0.3, -0.25) is 24.4 Å². The summed E-state index contributed by atoms with van der Waals surface area (Å²) in [6.45, 7) is 6.64. The predicted octanol–water partition coefficient (Wildman–Crippen LogP) is 4.21. The van der Waals surface area contributed by atoms with E-state index in [0.717, 1.165) is 21.9 Å². The third-order valence-corrected chi connectivity index (χ3v) is 7.81. The number of amides is 2. The van der Waals surface area contributed by atoms with Crippen molar-refractivity contribution in [1.82, 2.24) is 15.1 Å². The maximum Gasteiger partial charge on any atom is 0.310 e.